The van der Waals surface area contributed by atoms with Crippen molar-refractivity contribution in [2.45, 2.75) is 19.6 Å². The first kappa shape index (κ1) is 14.1. The van der Waals surface area contributed by atoms with Gasteiger partial charge in [-0.05, 0) is 30.7 Å². The number of aliphatic hydroxyl groups excluding tert-OH is 1. The fraction of sp³-hybridized carbons (Fsp3) is 0.267. The van der Waals surface area contributed by atoms with Crippen molar-refractivity contribution in [1.29, 1.82) is 5.26 Å². The van der Waals surface area contributed by atoms with Crippen molar-refractivity contribution >= 4 is 0 Å². The molecule has 0 aliphatic carbocycles. The Balaban J connectivity index is 1.85. The Hall–Kier alpha value is -2.29. The first-order chi connectivity index (χ1) is 9.69. The Bertz CT molecular complexity index is 604. The fourth-order valence-electron chi connectivity index (χ4n) is 1.84. The number of hydrogen-bond donors (Lipinski definition) is 2. The van der Waals surface area contributed by atoms with Gasteiger partial charge in [-0.2, -0.15) is 5.26 Å². The molecule has 1 unspecified atom stereocenters. The molecule has 102 valence electrons. The molecule has 0 saturated carbocycles. The lowest BCUT2D eigenvalue weighted by Crippen LogP contribution is -2.21. The average molecular weight is 268 g/mol. The summed E-state index contributed by atoms with van der Waals surface area (Å²) in [7, 11) is 0. The van der Waals surface area contributed by atoms with Gasteiger partial charge in [0.05, 0.1) is 23.4 Å². The van der Waals surface area contributed by atoms with Crippen LogP contribution in [0.3, 0.4) is 0 Å². The molecule has 0 aliphatic heterocycles. The zero-order chi connectivity index (χ0) is 14.4. The molecule has 2 N–H and O–H groups in total. The largest absolute Gasteiger partial charge is 0.387 e. The van der Waals surface area contributed by atoms with Crippen molar-refractivity contribution in [2.24, 2.45) is 0 Å². The molecule has 0 amide bonds. The number of aryl methyl sites for hydroxylation is 1. The van der Waals surface area contributed by atoms with Gasteiger partial charge in [0.1, 0.15) is 5.82 Å². The highest BCUT2D eigenvalue weighted by Gasteiger charge is 2.07. The van der Waals surface area contributed by atoms with E-state index in [4.69, 9.17) is 5.26 Å². The average Bonchev–Trinajstić information content (AvgIpc) is 2.47. The molecule has 1 heterocycles. The van der Waals surface area contributed by atoms with E-state index in [1.165, 1.54) is 0 Å². The minimum Gasteiger partial charge on any atom is -0.387 e. The molecule has 0 radical (unpaired) electrons. The maximum atomic E-state index is 10.0. The molecule has 5 nitrogen and oxygen atoms in total. The fourth-order valence-corrected chi connectivity index (χ4v) is 1.84. The van der Waals surface area contributed by atoms with E-state index in [2.05, 4.69) is 21.4 Å². The zero-order valence-corrected chi connectivity index (χ0v) is 11.2. The number of aliphatic hydroxyl groups is 1. The monoisotopic (exact) mass is 268 g/mol. The van der Waals surface area contributed by atoms with Crippen molar-refractivity contribution in [1.82, 2.24) is 15.3 Å². The molecule has 1 aromatic carbocycles. The van der Waals surface area contributed by atoms with Crippen molar-refractivity contribution < 1.29 is 5.11 Å². The summed E-state index contributed by atoms with van der Waals surface area (Å²) in [6, 6.07) is 10.8. The van der Waals surface area contributed by atoms with E-state index in [1.54, 1.807) is 30.5 Å². The van der Waals surface area contributed by atoms with Gasteiger partial charge in [0.15, 0.2) is 0 Å². The number of benzene rings is 1. The number of nitrogens with zero attached hydrogens (tertiary/aromatic N) is 3. The molecule has 1 aromatic heterocycles. The highest BCUT2D eigenvalue weighted by atomic mass is 16.3. The maximum Gasteiger partial charge on any atom is 0.125 e. The Labute approximate surface area is 117 Å². The van der Waals surface area contributed by atoms with Crippen molar-refractivity contribution in [2.75, 3.05) is 6.54 Å². The van der Waals surface area contributed by atoms with Crippen LogP contribution in [0.1, 0.15) is 28.7 Å². The Morgan fingerprint density at radius 3 is 2.70 bits per heavy atom. The molecule has 20 heavy (non-hydrogen) atoms. The first-order valence-corrected chi connectivity index (χ1v) is 6.36. The zero-order valence-electron chi connectivity index (χ0n) is 11.2. The van der Waals surface area contributed by atoms with Crippen LogP contribution in [0.25, 0.3) is 0 Å². The predicted molar refractivity (Wildman–Crippen MR) is 74.6 cm³/mol. The van der Waals surface area contributed by atoms with E-state index in [1.807, 2.05) is 13.0 Å². The summed E-state index contributed by atoms with van der Waals surface area (Å²) in [6.45, 7) is 2.85. The molecule has 0 saturated heterocycles. The Morgan fingerprint density at radius 1 is 1.30 bits per heavy atom. The summed E-state index contributed by atoms with van der Waals surface area (Å²) >= 11 is 0. The van der Waals surface area contributed by atoms with Crippen LogP contribution in [0.4, 0.5) is 0 Å². The van der Waals surface area contributed by atoms with Crippen LogP contribution < -0.4 is 5.32 Å². The summed E-state index contributed by atoms with van der Waals surface area (Å²) in [5.41, 5.74) is 2.27. The highest BCUT2D eigenvalue weighted by Crippen LogP contribution is 2.12. The lowest BCUT2D eigenvalue weighted by molar-refractivity contribution is 0.174. The van der Waals surface area contributed by atoms with Crippen LogP contribution in [0, 0.1) is 18.3 Å². The molecule has 0 bridgehead atoms. The van der Waals surface area contributed by atoms with E-state index in [9.17, 15) is 5.11 Å². The van der Waals surface area contributed by atoms with Crippen LogP contribution >= 0.6 is 0 Å². The molecule has 5 heteroatoms. The van der Waals surface area contributed by atoms with Gasteiger partial charge in [-0.15, -0.1) is 0 Å². The summed E-state index contributed by atoms with van der Waals surface area (Å²) in [6.07, 6.45) is 1.11. The summed E-state index contributed by atoms with van der Waals surface area (Å²) in [5.74, 6) is 0.733. The number of rotatable bonds is 5. The van der Waals surface area contributed by atoms with E-state index in [0.717, 1.165) is 17.1 Å². The third kappa shape index (κ3) is 3.85. The van der Waals surface area contributed by atoms with Gasteiger partial charge in [0.2, 0.25) is 0 Å². The van der Waals surface area contributed by atoms with Crippen LogP contribution in [0.5, 0.6) is 0 Å². The van der Waals surface area contributed by atoms with Gasteiger partial charge in [-0.25, -0.2) is 9.97 Å². The van der Waals surface area contributed by atoms with Gasteiger partial charge >= 0.3 is 0 Å². The van der Waals surface area contributed by atoms with Crippen molar-refractivity contribution in [3.63, 3.8) is 0 Å². The lowest BCUT2D eigenvalue weighted by atomic mass is 10.1. The number of nitrogens with one attached hydrogen (secondary N) is 1. The second kappa shape index (κ2) is 6.75. The molecule has 0 spiro atoms. The van der Waals surface area contributed by atoms with Gasteiger partial charge < -0.3 is 10.4 Å². The quantitative estimate of drug-likeness (QED) is 0.858. The SMILES string of the molecule is Cc1nccc(CNCC(O)c2ccc(C#N)cc2)n1. The van der Waals surface area contributed by atoms with Gasteiger partial charge in [-0.1, -0.05) is 12.1 Å². The second-order valence-electron chi connectivity index (χ2n) is 4.48. The van der Waals surface area contributed by atoms with E-state index in [-0.39, 0.29) is 0 Å². The van der Waals surface area contributed by atoms with Gasteiger partial charge in [-0.3, -0.25) is 0 Å². The molecule has 0 fully saturated rings. The molecular formula is C15H16N4O. The second-order valence-corrected chi connectivity index (χ2v) is 4.48. The predicted octanol–water partition coefficient (Wildman–Crippen LogP) is 1.48. The van der Waals surface area contributed by atoms with E-state index >= 15 is 0 Å². The number of hydrogen-bond acceptors (Lipinski definition) is 5. The number of nitriles is 1. The van der Waals surface area contributed by atoms with E-state index < -0.39 is 6.10 Å². The number of aromatic nitrogens is 2. The third-order valence-electron chi connectivity index (χ3n) is 2.90. The summed E-state index contributed by atoms with van der Waals surface area (Å²) in [5, 5.41) is 21.9. The summed E-state index contributed by atoms with van der Waals surface area (Å²) < 4.78 is 0. The smallest absolute Gasteiger partial charge is 0.125 e. The minimum atomic E-state index is -0.606. The van der Waals surface area contributed by atoms with Crippen molar-refractivity contribution in [3.8, 4) is 6.07 Å². The third-order valence-corrected chi connectivity index (χ3v) is 2.90. The normalized spacial score (nSPS) is 11.8. The van der Waals surface area contributed by atoms with Gasteiger partial charge in [0.25, 0.3) is 0 Å². The standard InChI is InChI=1S/C15H16N4O/c1-11-18-7-6-14(19-11)9-17-10-15(20)13-4-2-12(8-16)3-5-13/h2-7,15,17,20H,9-10H2,1H3. The summed E-state index contributed by atoms with van der Waals surface area (Å²) in [4.78, 5) is 8.31. The van der Waals surface area contributed by atoms with Crippen molar-refractivity contribution in [3.05, 3.63) is 59.2 Å². The van der Waals surface area contributed by atoms with E-state index in [0.29, 0.717) is 18.7 Å². The maximum absolute atomic E-state index is 10.0. The highest BCUT2D eigenvalue weighted by molar-refractivity contribution is 5.32. The van der Waals surface area contributed by atoms with Crippen LogP contribution in [0.2, 0.25) is 0 Å². The van der Waals surface area contributed by atoms with Crippen LogP contribution in [-0.2, 0) is 6.54 Å². The first-order valence-electron chi connectivity index (χ1n) is 6.36. The minimum absolute atomic E-state index is 0.426. The molecule has 2 rings (SSSR count). The van der Waals surface area contributed by atoms with Gasteiger partial charge in [0, 0.05) is 19.3 Å². The topological polar surface area (TPSA) is 81.8 Å². The molecule has 1 atom stereocenters. The molecule has 2 aromatic rings. The Morgan fingerprint density at radius 2 is 2.05 bits per heavy atom. The van der Waals surface area contributed by atoms with Crippen LogP contribution in [0.15, 0.2) is 36.5 Å². The molecular weight excluding hydrogens is 252 g/mol. The lowest BCUT2D eigenvalue weighted by Gasteiger charge is -2.12. The Kier molecular flexibility index (Phi) is 4.77. The molecule has 0 aliphatic rings. The van der Waals surface area contributed by atoms with Crippen LogP contribution in [-0.4, -0.2) is 21.6 Å².